The Balaban J connectivity index is 1.95. The number of carbonyl (C=O) groups is 1. The average Bonchev–Trinajstić information content (AvgIpc) is 2.54. The van der Waals surface area contributed by atoms with Crippen LogP contribution in [0.3, 0.4) is 0 Å². The Morgan fingerprint density at radius 3 is 2.67 bits per heavy atom. The van der Waals surface area contributed by atoms with E-state index in [1.165, 1.54) is 32.1 Å². The standard InChI is InChI=1S/C18H34N2O/c1-4-6-13-20(14(3)5-2)18(21)17-12-11-15-9-7-8-10-16(15)19-17/h14-17,19H,4-13H2,1-3H3. The lowest BCUT2D eigenvalue weighted by molar-refractivity contribution is -0.137. The summed E-state index contributed by atoms with van der Waals surface area (Å²) in [7, 11) is 0. The summed E-state index contributed by atoms with van der Waals surface area (Å²) in [4.78, 5) is 15.1. The second kappa shape index (κ2) is 8.17. The van der Waals surface area contributed by atoms with Crippen LogP contribution in [-0.2, 0) is 4.79 Å². The van der Waals surface area contributed by atoms with Gasteiger partial charge in [-0.3, -0.25) is 4.79 Å². The van der Waals surface area contributed by atoms with E-state index in [9.17, 15) is 4.79 Å². The van der Waals surface area contributed by atoms with E-state index in [1.54, 1.807) is 0 Å². The van der Waals surface area contributed by atoms with Gasteiger partial charge in [-0.15, -0.1) is 0 Å². The lowest BCUT2D eigenvalue weighted by Gasteiger charge is -2.42. The summed E-state index contributed by atoms with van der Waals surface area (Å²) in [5, 5.41) is 3.70. The summed E-state index contributed by atoms with van der Waals surface area (Å²) in [5.41, 5.74) is 0. The van der Waals surface area contributed by atoms with Gasteiger partial charge in [0.25, 0.3) is 0 Å². The van der Waals surface area contributed by atoms with Crippen LogP contribution in [0.2, 0.25) is 0 Å². The van der Waals surface area contributed by atoms with Crippen molar-refractivity contribution < 1.29 is 4.79 Å². The Morgan fingerprint density at radius 2 is 1.95 bits per heavy atom. The Bertz CT molecular complexity index is 331. The van der Waals surface area contributed by atoms with Crippen molar-refractivity contribution in [3.63, 3.8) is 0 Å². The zero-order chi connectivity index (χ0) is 15.2. The fourth-order valence-electron chi connectivity index (χ4n) is 3.99. The zero-order valence-electron chi connectivity index (χ0n) is 14.2. The maximum Gasteiger partial charge on any atom is 0.239 e. The van der Waals surface area contributed by atoms with Crippen LogP contribution in [0.25, 0.3) is 0 Å². The summed E-state index contributed by atoms with van der Waals surface area (Å²) in [6, 6.07) is 1.05. The Hall–Kier alpha value is -0.570. The first kappa shape index (κ1) is 16.8. The molecule has 21 heavy (non-hydrogen) atoms. The number of piperidine rings is 1. The third-order valence-corrected chi connectivity index (χ3v) is 5.61. The highest BCUT2D eigenvalue weighted by Crippen LogP contribution is 2.32. The molecule has 1 aliphatic heterocycles. The highest BCUT2D eigenvalue weighted by Gasteiger charge is 2.36. The van der Waals surface area contributed by atoms with Gasteiger partial charge < -0.3 is 10.2 Å². The molecule has 0 bridgehead atoms. The van der Waals surface area contributed by atoms with Gasteiger partial charge in [-0.05, 0) is 51.4 Å². The van der Waals surface area contributed by atoms with Crippen molar-refractivity contribution in [1.82, 2.24) is 10.2 Å². The number of hydrogen-bond donors (Lipinski definition) is 1. The summed E-state index contributed by atoms with van der Waals surface area (Å²) in [6.07, 6.45) is 11.0. The van der Waals surface area contributed by atoms with Crippen molar-refractivity contribution in [2.75, 3.05) is 6.54 Å². The van der Waals surface area contributed by atoms with Gasteiger partial charge in [0.2, 0.25) is 5.91 Å². The van der Waals surface area contributed by atoms with Crippen LogP contribution in [0, 0.1) is 5.92 Å². The number of nitrogens with zero attached hydrogens (tertiary/aromatic N) is 1. The largest absolute Gasteiger partial charge is 0.339 e. The van der Waals surface area contributed by atoms with Crippen LogP contribution < -0.4 is 5.32 Å². The molecule has 0 radical (unpaired) electrons. The number of unbranched alkanes of at least 4 members (excludes halogenated alkanes) is 1. The molecule has 4 unspecified atom stereocenters. The molecule has 1 amide bonds. The molecule has 1 heterocycles. The first-order valence-corrected chi connectivity index (χ1v) is 9.23. The van der Waals surface area contributed by atoms with Crippen LogP contribution in [0.4, 0.5) is 0 Å². The fourth-order valence-corrected chi connectivity index (χ4v) is 3.99. The molecule has 0 spiro atoms. The summed E-state index contributed by atoms with van der Waals surface area (Å²) >= 11 is 0. The van der Waals surface area contributed by atoms with Gasteiger partial charge in [0.15, 0.2) is 0 Å². The monoisotopic (exact) mass is 294 g/mol. The van der Waals surface area contributed by atoms with Crippen molar-refractivity contribution in [3.8, 4) is 0 Å². The van der Waals surface area contributed by atoms with E-state index in [0.717, 1.165) is 38.1 Å². The van der Waals surface area contributed by atoms with E-state index in [2.05, 4.69) is 31.0 Å². The van der Waals surface area contributed by atoms with E-state index < -0.39 is 0 Å². The highest BCUT2D eigenvalue weighted by molar-refractivity contribution is 5.82. The number of fused-ring (bicyclic) bond motifs is 1. The molecular weight excluding hydrogens is 260 g/mol. The molecule has 0 aromatic heterocycles. The van der Waals surface area contributed by atoms with Gasteiger partial charge in [0, 0.05) is 18.6 Å². The van der Waals surface area contributed by atoms with Crippen LogP contribution in [0.15, 0.2) is 0 Å². The Labute approximate surface area is 130 Å². The molecule has 1 saturated heterocycles. The van der Waals surface area contributed by atoms with Crippen LogP contribution >= 0.6 is 0 Å². The summed E-state index contributed by atoms with van der Waals surface area (Å²) < 4.78 is 0. The maximum absolute atomic E-state index is 12.9. The van der Waals surface area contributed by atoms with Crippen molar-refractivity contribution in [3.05, 3.63) is 0 Å². The number of amides is 1. The van der Waals surface area contributed by atoms with Crippen LogP contribution in [0.5, 0.6) is 0 Å². The van der Waals surface area contributed by atoms with E-state index >= 15 is 0 Å². The minimum Gasteiger partial charge on any atom is -0.339 e. The minimum atomic E-state index is 0.0789. The molecule has 1 aliphatic carbocycles. The predicted molar refractivity (Wildman–Crippen MR) is 88.3 cm³/mol. The molecule has 0 aromatic rings. The van der Waals surface area contributed by atoms with Gasteiger partial charge in [-0.1, -0.05) is 33.1 Å². The molecular formula is C18H34N2O. The number of nitrogens with one attached hydrogen (secondary N) is 1. The third kappa shape index (κ3) is 4.21. The van der Waals surface area contributed by atoms with Gasteiger partial charge >= 0.3 is 0 Å². The van der Waals surface area contributed by atoms with Gasteiger partial charge in [0.1, 0.15) is 0 Å². The van der Waals surface area contributed by atoms with Gasteiger partial charge in [-0.2, -0.15) is 0 Å². The third-order valence-electron chi connectivity index (χ3n) is 5.61. The maximum atomic E-state index is 12.9. The first-order chi connectivity index (χ1) is 10.2. The molecule has 1 N–H and O–H groups in total. The van der Waals surface area contributed by atoms with Crippen LogP contribution in [0.1, 0.15) is 78.6 Å². The number of carbonyl (C=O) groups excluding carboxylic acids is 1. The molecule has 3 nitrogen and oxygen atoms in total. The number of rotatable bonds is 6. The molecule has 2 rings (SSSR count). The minimum absolute atomic E-state index is 0.0789. The van der Waals surface area contributed by atoms with E-state index in [4.69, 9.17) is 0 Å². The van der Waals surface area contributed by atoms with Crippen molar-refractivity contribution in [1.29, 1.82) is 0 Å². The smallest absolute Gasteiger partial charge is 0.239 e. The summed E-state index contributed by atoms with van der Waals surface area (Å²) in [6.45, 7) is 7.50. The lowest BCUT2D eigenvalue weighted by Crippen LogP contribution is -2.57. The molecule has 0 aromatic carbocycles. The Kier molecular flexibility index (Phi) is 6.53. The second-order valence-electron chi connectivity index (χ2n) is 7.09. The molecule has 1 saturated carbocycles. The van der Waals surface area contributed by atoms with Gasteiger partial charge in [0.05, 0.1) is 6.04 Å². The van der Waals surface area contributed by atoms with E-state index in [0.29, 0.717) is 18.0 Å². The van der Waals surface area contributed by atoms with Crippen molar-refractivity contribution in [2.24, 2.45) is 5.92 Å². The highest BCUT2D eigenvalue weighted by atomic mass is 16.2. The second-order valence-corrected chi connectivity index (χ2v) is 7.09. The lowest BCUT2D eigenvalue weighted by atomic mass is 9.77. The quantitative estimate of drug-likeness (QED) is 0.809. The molecule has 3 heteroatoms. The van der Waals surface area contributed by atoms with E-state index in [1.807, 2.05) is 0 Å². The Morgan fingerprint density at radius 1 is 1.19 bits per heavy atom. The van der Waals surface area contributed by atoms with Crippen molar-refractivity contribution in [2.45, 2.75) is 96.7 Å². The first-order valence-electron chi connectivity index (χ1n) is 9.23. The van der Waals surface area contributed by atoms with Gasteiger partial charge in [-0.25, -0.2) is 0 Å². The summed E-state index contributed by atoms with van der Waals surface area (Å²) in [5.74, 6) is 1.19. The SMILES string of the molecule is CCCCN(C(=O)C1CCC2CCCCC2N1)C(C)CC. The molecule has 122 valence electrons. The predicted octanol–water partition coefficient (Wildman–Crippen LogP) is 3.72. The van der Waals surface area contributed by atoms with Crippen LogP contribution in [-0.4, -0.2) is 35.5 Å². The molecule has 4 atom stereocenters. The number of hydrogen-bond acceptors (Lipinski definition) is 2. The topological polar surface area (TPSA) is 32.3 Å². The molecule has 2 fully saturated rings. The normalized spacial score (nSPS) is 30.5. The zero-order valence-corrected chi connectivity index (χ0v) is 14.2. The van der Waals surface area contributed by atoms with E-state index in [-0.39, 0.29) is 6.04 Å². The van der Waals surface area contributed by atoms with Crippen molar-refractivity contribution >= 4 is 5.91 Å². The molecule has 2 aliphatic rings. The fraction of sp³-hybridized carbons (Fsp3) is 0.944. The average molecular weight is 294 g/mol.